The maximum atomic E-state index is 5.87. The number of aromatic nitrogens is 3. The first-order chi connectivity index (χ1) is 17.3. The SMILES string of the molecule is C=C(C)N=C/C(=N/OC)C(C)C(C)SNc1nnc(-c2ccc(C)o2)n1-c1c(OC)cccc1OC. The molecule has 0 spiro atoms. The van der Waals surface area contributed by atoms with E-state index in [1.807, 2.05) is 55.7 Å². The second kappa shape index (κ2) is 12.3. The van der Waals surface area contributed by atoms with E-state index < -0.39 is 0 Å². The minimum atomic E-state index is -0.00471. The number of nitrogens with one attached hydrogen (secondary N) is 1. The number of furan rings is 1. The molecule has 0 bridgehead atoms. The van der Waals surface area contributed by atoms with Crippen LogP contribution in [0.5, 0.6) is 11.5 Å². The number of para-hydroxylation sites is 1. The first-order valence-electron chi connectivity index (χ1n) is 11.3. The molecule has 0 radical (unpaired) electrons. The minimum absolute atomic E-state index is 0.00471. The van der Waals surface area contributed by atoms with Crippen LogP contribution in [0.15, 0.2) is 57.2 Å². The molecule has 0 aliphatic carbocycles. The van der Waals surface area contributed by atoms with E-state index in [4.69, 9.17) is 18.7 Å². The molecule has 3 aromatic rings. The van der Waals surface area contributed by atoms with Gasteiger partial charge in [0.05, 0.1) is 20.4 Å². The molecule has 10 nitrogen and oxygen atoms in total. The molecule has 0 aliphatic heterocycles. The van der Waals surface area contributed by atoms with Crippen LogP contribution >= 0.6 is 11.9 Å². The van der Waals surface area contributed by atoms with Gasteiger partial charge in [-0.05, 0) is 50.1 Å². The molecule has 2 atom stereocenters. The summed E-state index contributed by atoms with van der Waals surface area (Å²) in [5, 5.41) is 13.0. The van der Waals surface area contributed by atoms with E-state index in [1.54, 1.807) is 20.4 Å². The Labute approximate surface area is 215 Å². The smallest absolute Gasteiger partial charge is 0.239 e. The molecule has 0 amide bonds. The van der Waals surface area contributed by atoms with Gasteiger partial charge in [0, 0.05) is 16.9 Å². The van der Waals surface area contributed by atoms with Crippen LogP contribution < -0.4 is 14.2 Å². The number of methoxy groups -OCH3 is 2. The van der Waals surface area contributed by atoms with Crippen LogP contribution in [0.25, 0.3) is 17.3 Å². The van der Waals surface area contributed by atoms with Gasteiger partial charge < -0.3 is 18.7 Å². The lowest BCUT2D eigenvalue weighted by Gasteiger charge is -2.20. The summed E-state index contributed by atoms with van der Waals surface area (Å²) in [5.41, 5.74) is 2.03. The number of ether oxygens (including phenoxy) is 2. The van der Waals surface area contributed by atoms with Gasteiger partial charge in [-0.15, -0.1) is 10.2 Å². The van der Waals surface area contributed by atoms with E-state index in [0.29, 0.717) is 46.1 Å². The van der Waals surface area contributed by atoms with Crippen molar-refractivity contribution in [3.05, 3.63) is 48.4 Å². The average Bonchev–Trinajstić information content (AvgIpc) is 3.49. The van der Waals surface area contributed by atoms with Crippen molar-refractivity contribution in [3.8, 4) is 28.8 Å². The van der Waals surface area contributed by atoms with Gasteiger partial charge in [0.2, 0.25) is 11.8 Å². The summed E-state index contributed by atoms with van der Waals surface area (Å²) in [4.78, 5) is 9.30. The predicted molar refractivity (Wildman–Crippen MR) is 144 cm³/mol. The quantitative estimate of drug-likeness (QED) is 0.191. The number of allylic oxidation sites excluding steroid dienone is 1. The number of rotatable bonds is 12. The Hall–Kier alpha value is -3.73. The van der Waals surface area contributed by atoms with Gasteiger partial charge in [0.1, 0.15) is 35.8 Å². The first kappa shape index (κ1) is 26.9. The second-order valence-corrected chi connectivity index (χ2v) is 9.19. The molecule has 2 unspecified atom stereocenters. The molecule has 0 saturated heterocycles. The standard InChI is InChI=1S/C25H32N6O4S/c1-15(2)26-14-19(29-34-8)17(4)18(5)36-30-25-28-27-24(22-13-12-16(3)35-22)31(25)23-20(32-6)10-9-11-21(23)33-7/h9-14,17-18H,1H2,2-8H3,(H,28,30)/b26-14?,29-19-. The molecule has 0 fully saturated rings. The van der Waals surface area contributed by atoms with Crippen LogP contribution in [0.2, 0.25) is 0 Å². The number of hydrogen-bond donors (Lipinski definition) is 1. The number of nitrogens with zero attached hydrogens (tertiary/aromatic N) is 5. The van der Waals surface area contributed by atoms with Crippen molar-refractivity contribution in [1.82, 2.24) is 14.8 Å². The van der Waals surface area contributed by atoms with Crippen molar-refractivity contribution in [1.29, 1.82) is 0 Å². The van der Waals surface area contributed by atoms with Gasteiger partial charge in [-0.2, -0.15) is 0 Å². The largest absolute Gasteiger partial charge is 0.494 e. The molecule has 2 heterocycles. The molecule has 0 saturated carbocycles. The Kier molecular flexibility index (Phi) is 9.18. The molecular formula is C25H32N6O4S. The summed E-state index contributed by atoms with van der Waals surface area (Å²) in [5.74, 6) is 3.50. The highest BCUT2D eigenvalue weighted by Gasteiger charge is 2.25. The fraction of sp³-hybridized carbons (Fsp3) is 0.360. The third kappa shape index (κ3) is 6.09. The van der Waals surface area contributed by atoms with Crippen LogP contribution in [-0.4, -0.2) is 53.3 Å². The van der Waals surface area contributed by atoms with Crippen molar-refractivity contribution >= 4 is 29.8 Å². The van der Waals surface area contributed by atoms with E-state index in [-0.39, 0.29) is 11.2 Å². The lowest BCUT2D eigenvalue weighted by molar-refractivity contribution is 0.212. The highest BCUT2D eigenvalue weighted by atomic mass is 32.2. The lowest BCUT2D eigenvalue weighted by atomic mass is 10.0. The first-order valence-corrected chi connectivity index (χ1v) is 12.1. The van der Waals surface area contributed by atoms with Gasteiger partial charge in [-0.1, -0.05) is 31.6 Å². The molecule has 0 aliphatic rings. The maximum Gasteiger partial charge on any atom is 0.239 e. The fourth-order valence-corrected chi connectivity index (χ4v) is 4.09. The summed E-state index contributed by atoms with van der Waals surface area (Å²) in [6, 6.07) is 9.30. The predicted octanol–water partition coefficient (Wildman–Crippen LogP) is 5.54. The lowest BCUT2D eigenvalue weighted by Crippen LogP contribution is -2.24. The number of benzene rings is 1. The number of anilines is 1. The van der Waals surface area contributed by atoms with E-state index >= 15 is 0 Å². The van der Waals surface area contributed by atoms with Crippen LogP contribution in [-0.2, 0) is 4.84 Å². The average molecular weight is 513 g/mol. The molecular weight excluding hydrogens is 480 g/mol. The Bertz CT molecular complexity index is 1230. The van der Waals surface area contributed by atoms with Crippen LogP contribution in [0.4, 0.5) is 5.95 Å². The van der Waals surface area contributed by atoms with Gasteiger partial charge in [0.25, 0.3) is 0 Å². The monoisotopic (exact) mass is 512 g/mol. The highest BCUT2D eigenvalue weighted by Crippen LogP contribution is 2.38. The molecule has 11 heteroatoms. The molecule has 3 rings (SSSR count). The normalized spacial score (nSPS) is 13.5. The molecule has 2 aromatic heterocycles. The molecule has 1 N–H and O–H groups in total. The molecule has 1 aromatic carbocycles. The zero-order valence-corrected chi connectivity index (χ0v) is 22.4. The summed E-state index contributed by atoms with van der Waals surface area (Å²) in [7, 11) is 4.72. The van der Waals surface area contributed by atoms with Crippen molar-refractivity contribution in [2.24, 2.45) is 16.1 Å². The topological polar surface area (TPSA) is 108 Å². The van der Waals surface area contributed by atoms with E-state index in [2.05, 4.69) is 38.6 Å². The van der Waals surface area contributed by atoms with Crippen molar-refractivity contribution in [2.45, 2.75) is 32.9 Å². The zero-order valence-electron chi connectivity index (χ0n) is 21.6. The van der Waals surface area contributed by atoms with Crippen molar-refractivity contribution in [2.75, 3.05) is 26.1 Å². The maximum absolute atomic E-state index is 5.87. The van der Waals surface area contributed by atoms with E-state index in [1.165, 1.54) is 19.1 Å². The third-order valence-corrected chi connectivity index (χ3v) is 6.45. The van der Waals surface area contributed by atoms with Gasteiger partial charge in [-0.3, -0.25) is 14.3 Å². The number of aliphatic imine (C=N–C) groups is 1. The summed E-state index contributed by atoms with van der Waals surface area (Å²) < 4.78 is 22.4. The van der Waals surface area contributed by atoms with Crippen molar-refractivity contribution in [3.63, 3.8) is 0 Å². The van der Waals surface area contributed by atoms with Crippen LogP contribution in [0.1, 0.15) is 26.5 Å². The second-order valence-electron chi connectivity index (χ2n) is 8.01. The van der Waals surface area contributed by atoms with Gasteiger partial charge in [-0.25, -0.2) is 0 Å². The van der Waals surface area contributed by atoms with Crippen LogP contribution in [0.3, 0.4) is 0 Å². The van der Waals surface area contributed by atoms with Crippen molar-refractivity contribution < 1.29 is 18.7 Å². The highest BCUT2D eigenvalue weighted by molar-refractivity contribution is 8.01. The zero-order chi connectivity index (χ0) is 26.2. The summed E-state index contributed by atoms with van der Waals surface area (Å²) in [6.07, 6.45) is 1.67. The van der Waals surface area contributed by atoms with E-state index in [0.717, 1.165) is 5.76 Å². The van der Waals surface area contributed by atoms with Crippen LogP contribution in [0, 0.1) is 12.8 Å². The Balaban J connectivity index is 1.99. The van der Waals surface area contributed by atoms with Gasteiger partial charge >= 0.3 is 0 Å². The Morgan fingerprint density at radius 3 is 2.39 bits per heavy atom. The number of hydrogen-bond acceptors (Lipinski definition) is 10. The summed E-state index contributed by atoms with van der Waals surface area (Å²) in [6.45, 7) is 11.6. The fourth-order valence-electron chi connectivity index (χ4n) is 3.32. The third-order valence-electron chi connectivity index (χ3n) is 5.37. The Morgan fingerprint density at radius 2 is 1.83 bits per heavy atom. The number of aryl methyl sites for hydroxylation is 1. The molecule has 192 valence electrons. The number of oxime groups is 1. The van der Waals surface area contributed by atoms with E-state index in [9.17, 15) is 0 Å². The van der Waals surface area contributed by atoms with Gasteiger partial charge in [0.15, 0.2) is 5.76 Å². The minimum Gasteiger partial charge on any atom is -0.494 e. The summed E-state index contributed by atoms with van der Waals surface area (Å²) >= 11 is 1.47. The molecule has 36 heavy (non-hydrogen) atoms. The Morgan fingerprint density at radius 1 is 1.14 bits per heavy atom.